The molecule has 1 aromatic rings. The van der Waals surface area contributed by atoms with Gasteiger partial charge in [-0.1, -0.05) is 12.1 Å². The highest BCUT2D eigenvalue weighted by Gasteiger charge is 2.23. The van der Waals surface area contributed by atoms with E-state index in [1.54, 1.807) is 0 Å². The number of fused-ring (bicyclic) bond motifs is 3. The summed E-state index contributed by atoms with van der Waals surface area (Å²) in [4.78, 5) is 6.50. The van der Waals surface area contributed by atoms with Crippen LogP contribution in [0.2, 0.25) is 0 Å². The lowest BCUT2D eigenvalue weighted by Gasteiger charge is -2.32. The van der Waals surface area contributed by atoms with Crippen molar-refractivity contribution in [1.29, 1.82) is 0 Å². The maximum absolute atomic E-state index is 4.53. The van der Waals surface area contributed by atoms with Gasteiger partial charge in [0.2, 0.25) is 0 Å². The number of likely N-dealkylation sites (N-methyl/N-ethyl adjacent to an activating group) is 1. The molecule has 2 aliphatic heterocycles. The lowest BCUT2D eigenvalue weighted by atomic mass is 10.1. The van der Waals surface area contributed by atoms with E-state index in [1.165, 1.54) is 0 Å². The van der Waals surface area contributed by atoms with Gasteiger partial charge in [-0.25, -0.2) is 4.99 Å². The highest BCUT2D eigenvalue weighted by atomic mass is 15.5. The average molecular weight is 200 g/mol. The van der Waals surface area contributed by atoms with Crippen LogP contribution in [0, 0.1) is 0 Å². The second kappa shape index (κ2) is 3.08. The number of benzene rings is 1. The molecular formula is C11H12N4. The van der Waals surface area contributed by atoms with Crippen molar-refractivity contribution >= 4 is 17.9 Å². The lowest BCUT2D eigenvalue weighted by Crippen LogP contribution is -2.43. The summed E-state index contributed by atoms with van der Waals surface area (Å²) in [5.74, 6) is 1.01. The third-order valence-corrected chi connectivity index (χ3v) is 2.68. The fraction of sp³-hybridized carbons (Fsp3) is 0.273. The van der Waals surface area contributed by atoms with E-state index < -0.39 is 0 Å². The maximum Gasteiger partial charge on any atom is 0.163 e. The minimum absolute atomic E-state index is 0.942. The molecular weight excluding hydrogens is 188 g/mol. The largest absolute Gasteiger partial charge is 0.313 e. The number of para-hydroxylation sites is 1. The standard InChI is InChI=1S/C11H12N4/c1-14-6-7-15-8-12-10-5-3-2-4-9(10)11(15)13-14/h2-5,8H,6-7H2,1H3. The molecule has 3 rings (SSSR count). The van der Waals surface area contributed by atoms with Crippen molar-refractivity contribution in [3.05, 3.63) is 29.8 Å². The molecule has 0 unspecified atom stereocenters. The molecule has 0 aliphatic carbocycles. The number of hydrogen-bond acceptors (Lipinski definition) is 4. The van der Waals surface area contributed by atoms with Gasteiger partial charge in [-0.2, -0.15) is 5.10 Å². The van der Waals surface area contributed by atoms with E-state index >= 15 is 0 Å². The van der Waals surface area contributed by atoms with Crippen LogP contribution in [-0.4, -0.2) is 42.2 Å². The number of hydrogen-bond donors (Lipinski definition) is 0. The SMILES string of the molecule is CN1CCN2C=Nc3ccccc3C2=N1. The molecule has 2 aliphatic rings. The Balaban J connectivity index is 2.15. The van der Waals surface area contributed by atoms with E-state index in [-0.39, 0.29) is 0 Å². The van der Waals surface area contributed by atoms with Crippen LogP contribution in [0.5, 0.6) is 0 Å². The molecule has 0 saturated carbocycles. The van der Waals surface area contributed by atoms with Gasteiger partial charge in [0.05, 0.1) is 18.6 Å². The summed E-state index contributed by atoms with van der Waals surface area (Å²) in [5.41, 5.74) is 2.12. The molecule has 0 saturated heterocycles. The second-order valence-corrected chi connectivity index (χ2v) is 3.76. The van der Waals surface area contributed by atoms with Gasteiger partial charge in [0.1, 0.15) is 0 Å². The Labute approximate surface area is 88.5 Å². The Morgan fingerprint density at radius 1 is 1.20 bits per heavy atom. The van der Waals surface area contributed by atoms with Gasteiger partial charge in [0, 0.05) is 19.2 Å². The molecule has 0 aromatic heterocycles. The molecule has 0 atom stereocenters. The number of amidine groups is 1. The van der Waals surface area contributed by atoms with Crippen LogP contribution in [0.3, 0.4) is 0 Å². The summed E-state index contributed by atoms with van der Waals surface area (Å²) in [5, 5.41) is 6.50. The Kier molecular flexibility index (Phi) is 1.74. The van der Waals surface area contributed by atoms with E-state index in [1.807, 2.05) is 36.6 Å². The molecule has 4 heteroatoms. The van der Waals surface area contributed by atoms with Crippen LogP contribution >= 0.6 is 0 Å². The topological polar surface area (TPSA) is 31.2 Å². The van der Waals surface area contributed by atoms with Crippen LogP contribution in [-0.2, 0) is 0 Å². The first-order valence-corrected chi connectivity index (χ1v) is 5.04. The summed E-state index contributed by atoms with van der Waals surface area (Å²) < 4.78 is 0. The zero-order valence-electron chi connectivity index (χ0n) is 8.59. The summed E-state index contributed by atoms with van der Waals surface area (Å²) in [7, 11) is 2.00. The summed E-state index contributed by atoms with van der Waals surface area (Å²) in [6.07, 6.45) is 1.87. The molecule has 0 radical (unpaired) electrons. The molecule has 0 spiro atoms. The zero-order chi connectivity index (χ0) is 10.3. The average Bonchev–Trinajstić information content (AvgIpc) is 2.29. The number of nitrogens with zero attached hydrogens (tertiary/aromatic N) is 4. The summed E-state index contributed by atoms with van der Waals surface area (Å²) in [6, 6.07) is 8.10. The molecule has 0 bridgehead atoms. The van der Waals surface area contributed by atoms with Gasteiger partial charge in [-0.05, 0) is 12.1 Å². The fourth-order valence-electron chi connectivity index (χ4n) is 1.86. The van der Waals surface area contributed by atoms with Crippen molar-refractivity contribution in [2.75, 3.05) is 20.1 Å². The van der Waals surface area contributed by atoms with E-state index in [0.717, 1.165) is 30.2 Å². The second-order valence-electron chi connectivity index (χ2n) is 3.76. The molecule has 76 valence electrons. The van der Waals surface area contributed by atoms with E-state index in [2.05, 4.69) is 21.1 Å². The molecule has 0 fully saturated rings. The van der Waals surface area contributed by atoms with Crippen molar-refractivity contribution in [1.82, 2.24) is 9.91 Å². The van der Waals surface area contributed by atoms with Gasteiger partial charge < -0.3 is 4.90 Å². The molecule has 1 aromatic carbocycles. The normalized spacial score (nSPS) is 18.3. The molecule has 0 amide bonds. The minimum Gasteiger partial charge on any atom is -0.313 e. The van der Waals surface area contributed by atoms with Crippen LogP contribution in [0.25, 0.3) is 0 Å². The smallest absolute Gasteiger partial charge is 0.163 e. The summed E-state index contributed by atoms with van der Waals surface area (Å²) >= 11 is 0. The first-order valence-electron chi connectivity index (χ1n) is 5.04. The first-order chi connectivity index (χ1) is 7.34. The lowest BCUT2D eigenvalue weighted by molar-refractivity contribution is 0.305. The maximum atomic E-state index is 4.53. The van der Waals surface area contributed by atoms with Gasteiger partial charge in [0.25, 0.3) is 0 Å². The van der Waals surface area contributed by atoms with Gasteiger partial charge in [-0.15, -0.1) is 0 Å². The molecule has 4 nitrogen and oxygen atoms in total. The number of aliphatic imine (C=N–C) groups is 1. The third kappa shape index (κ3) is 1.29. The van der Waals surface area contributed by atoms with Crippen molar-refractivity contribution in [2.24, 2.45) is 10.1 Å². The molecule has 2 heterocycles. The number of rotatable bonds is 0. The highest BCUT2D eigenvalue weighted by molar-refractivity contribution is 6.10. The van der Waals surface area contributed by atoms with Crippen LogP contribution in [0.4, 0.5) is 5.69 Å². The van der Waals surface area contributed by atoms with Crippen molar-refractivity contribution in [2.45, 2.75) is 0 Å². The predicted molar refractivity (Wildman–Crippen MR) is 60.5 cm³/mol. The predicted octanol–water partition coefficient (Wildman–Crippen LogP) is 1.27. The monoisotopic (exact) mass is 200 g/mol. The van der Waals surface area contributed by atoms with Crippen molar-refractivity contribution < 1.29 is 0 Å². The van der Waals surface area contributed by atoms with Crippen LogP contribution in [0.1, 0.15) is 5.56 Å². The number of hydrazone groups is 1. The summed E-state index contributed by atoms with van der Waals surface area (Å²) in [6.45, 7) is 1.89. The van der Waals surface area contributed by atoms with Crippen molar-refractivity contribution in [3.63, 3.8) is 0 Å². The minimum atomic E-state index is 0.942. The van der Waals surface area contributed by atoms with E-state index in [9.17, 15) is 0 Å². The highest BCUT2D eigenvalue weighted by Crippen LogP contribution is 2.25. The van der Waals surface area contributed by atoms with Crippen LogP contribution in [0.15, 0.2) is 34.4 Å². The Bertz CT molecular complexity index is 450. The quantitative estimate of drug-likeness (QED) is 0.631. The first kappa shape index (κ1) is 8.47. The Morgan fingerprint density at radius 2 is 2.07 bits per heavy atom. The van der Waals surface area contributed by atoms with E-state index in [4.69, 9.17) is 0 Å². The third-order valence-electron chi connectivity index (χ3n) is 2.68. The Hall–Kier alpha value is -1.84. The Morgan fingerprint density at radius 3 is 3.00 bits per heavy atom. The molecule has 0 N–H and O–H groups in total. The van der Waals surface area contributed by atoms with Crippen molar-refractivity contribution in [3.8, 4) is 0 Å². The molecule has 15 heavy (non-hydrogen) atoms. The van der Waals surface area contributed by atoms with Gasteiger partial charge >= 0.3 is 0 Å². The zero-order valence-corrected chi connectivity index (χ0v) is 8.59. The van der Waals surface area contributed by atoms with Gasteiger partial charge in [-0.3, -0.25) is 5.01 Å². The fourth-order valence-corrected chi connectivity index (χ4v) is 1.86. The van der Waals surface area contributed by atoms with Gasteiger partial charge in [0.15, 0.2) is 5.84 Å². The van der Waals surface area contributed by atoms with Crippen LogP contribution < -0.4 is 0 Å². The van der Waals surface area contributed by atoms with E-state index in [0.29, 0.717) is 0 Å².